The number of hydrogen-bond acceptors (Lipinski definition) is 3. The summed E-state index contributed by atoms with van der Waals surface area (Å²) in [4.78, 5) is 4.14. The molecule has 0 radical (unpaired) electrons. The van der Waals surface area contributed by atoms with Crippen LogP contribution in [0, 0.1) is 17.2 Å². The van der Waals surface area contributed by atoms with Gasteiger partial charge in [0.1, 0.15) is 0 Å². The van der Waals surface area contributed by atoms with Gasteiger partial charge in [0.05, 0.1) is 17.0 Å². The zero-order chi connectivity index (χ0) is 8.81. The Morgan fingerprint density at radius 3 is 3.08 bits per heavy atom. The van der Waals surface area contributed by atoms with Crippen molar-refractivity contribution in [2.45, 2.75) is 11.9 Å². The predicted octanol–water partition coefficient (Wildman–Crippen LogP) is 2.33. The molecule has 0 aromatic carbocycles. The van der Waals surface area contributed by atoms with E-state index in [1.807, 2.05) is 25.1 Å². The molecular weight excluding hydrogens is 168 g/mol. The highest BCUT2D eigenvalue weighted by Gasteiger charge is 2.00. The van der Waals surface area contributed by atoms with Gasteiger partial charge in [-0.05, 0) is 19.1 Å². The summed E-state index contributed by atoms with van der Waals surface area (Å²) in [6, 6.07) is 7.98. The normalized spacial score (nSPS) is 12.0. The third-order valence-electron chi connectivity index (χ3n) is 1.34. The van der Waals surface area contributed by atoms with Gasteiger partial charge < -0.3 is 0 Å². The first kappa shape index (κ1) is 9.08. The van der Waals surface area contributed by atoms with Gasteiger partial charge in [0.25, 0.3) is 0 Å². The van der Waals surface area contributed by atoms with Crippen LogP contribution < -0.4 is 0 Å². The molecule has 0 amide bonds. The highest BCUT2D eigenvalue weighted by atomic mass is 32.2. The highest BCUT2D eigenvalue weighted by molar-refractivity contribution is 7.99. The fourth-order valence-electron chi connectivity index (χ4n) is 0.680. The van der Waals surface area contributed by atoms with E-state index in [0.717, 1.165) is 10.8 Å². The molecule has 12 heavy (non-hydrogen) atoms. The van der Waals surface area contributed by atoms with E-state index in [9.17, 15) is 0 Å². The van der Waals surface area contributed by atoms with Crippen LogP contribution in [-0.2, 0) is 0 Å². The monoisotopic (exact) mass is 178 g/mol. The quantitative estimate of drug-likeness (QED) is 0.666. The van der Waals surface area contributed by atoms with E-state index < -0.39 is 0 Å². The zero-order valence-electron chi connectivity index (χ0n) is 6.90. The zero-order valence-corrected chi connectivity index (χ0v) is 7.71. The van der Waals surface area contributed by atoms with Crippen molar-refractivity contribution >= 4 is 11.8 Å². The van der Waals surface area contributed by atoms with Gasteiger partial charge in [-0.1, -0.05) is 6.07 Å². The smallest absolute Gasteiger partial charge is 0.0960 e. The minimum absolute atomic E-state index is 0.0945. The number of thioether (sulfide) groups is 1. The van der Waals surface area contributed by atoms with Crippen LogP contribution in [0.15, 0.2) is 29.4 Å². The standard InChI is InChI=1S/C9H10N2S/c1-8(6-10)7-12-9-4-2-3-5-11-9/h2-5,8H,7H2,1H3. The van der Waals surface area contributed by atoms with E-state index in [-0.39, 0.29) is 5.92 Å². The summed E-state index contributed by atoms with van der Waals surface area (Å²) in [5.74, 6) is 0.907. The second-order valence-electron chi connectivity index (χ2n) is 2.51. The Morgan fingerprint density at radius 2 is 2.50 bits per heavy atom. The van der Waals surface area contributed by atoms with Crippen molar-refractivity contribution in [3.63, 3.8) is 0 Å². The number of nitrogens with zero attached hydrogens (tertiary/aromatic N) is 2. The average molecular weight is 178 g/mol. The van der Waals surface area contributed by atoms with Gasteiger partial charge in [-0.25, -0.2) is 4.98 Å². The van der Waals surface area contributed by atoms with Crippen LogP contribution in [0.2, 0.25) is 0 Å². The summed E-state index contributed by atoms with van der Waals surface area (Å²) in [5, 5.41) is 9.51. The molecule has 0 aliphatic heterocycles. The third-order valence-corrected chi connectivity index (χ3v) is 2.54. The van der Waals surface area contributed by atoms with E-state index in [0.29, 0.717) is 0 Å². The maximum atomic E-state index is 8.53. The maximum Gasteiger partial charge on any atom is 0.0960 e. The summed E-state index contributed by atoms with van der Waals surface area (Å²) in [5.41, 5.74) is 0. The Hall–Kier alpha value is -1.01. The minimum Gasteiger partial charge on any atom is -0.250 e. The van der Waals surface area contributed by atoms with Crippen molar-refractivity contribution in [3.8, 4) is 6.07 Å². The van der Waals surface area contributed by atoms with Crippen LogP contribution in [0.25, 0.3) is 0 Å². The summed E-state index contributed by atoms with van der Waals surface area (Å²) >= 11 is 1.62. The Balaban J connectivity index is 2.40. The lowest BCUT2D eigenvalue weighted by molar-refractivity contribution is 0.862. The van der Waals surface area contributed by atoms with Gasteiger partial charge in [0, 0.05) is 11.9 Å². The highest BCUT2D eigenvalue weighted by Crippen LogP contribution is 2.16. The molecule has 0 aliphatic rings. The van der Waals surface area contributed by atoms with Gasteiger partial charge in [-0.2, -0.15) is 5.26 Å². The molecule has 0 fully saturated rings. The third kappa shape index (κ3) is 2.93. The van der Waals surface area contributed by atoms with Gasteiger partial charge in [0.15, 0.2) is 0 Å². The Kier molecular flexibility index (Phi) is 3.62. The fraction of sp³-hybridized carbons (Fsp3) is 0.333. The molecule has 0 N–H and O–H groups in total. The van der Waals surface area contributed by atoms with E-state index in [4.69, 9.17) is 5.26 Å². The molecule has 0 saturated carbocycles. The van der Waals surface area contributed by atoms with Crippen molar-refractivity contribution in [2.75, 3.05) is 5.75 Å². The van der Waals surface area contributed by atoms with E-state index >= 15 is 0 Å². The van der Waals surface area contributed by atoms with Crippen LogP contribution in [0.3, 0.4) is 0 Å². The van der Waals surface area contributed by atoms with Crippen molar-refractivity contribution in [1.82, 2.24) is 4.98 Å². The van der Waals surface area contributed by atoms with Gasteiger partial charge in [-0.15, -0.1) is 11.8 Å². The first-order chi connectivity index (χ1) is 5.83. The summed E-state index contributed by atoms with van der Waals surface area (Å²) < 4.78 is 0. The first-order valence-electron chi connectivity index (χ1n) is 3.76. The molecule has 3 heteroatoms. The molecule has 0 bridgehead atoms. The molecule has 2 nitrogen and oxygen atoms in total. The maximum absolute atomic E-state index is 8.53. The number of hydrogen-bond donors (Lipinski definition) is 0. The van der Waals surface area contributed by atoms with Gasteiger partial charge in [-0.3, -0.25) is 0 Å². The molecular formula is C9H10N2S. The van der Waals surface area contributed by atoms with Gasteiger partial charge >= 0.3 is 0 Å². The Labute approximate surface area is 76.6 Å². The Bertz CT molecular complexity index is 266. The second-order valence-corrected chi connectivity index (χ2v) is 3.55. The van der Waals surface area contributed by atoms with Crippen molar-refractivity contribution in [3.05, 3.63) is 24.4 Å². The summed E-state index contributed by atoms with van der Waals surface area (Å²) in [6.07, 6.45) is 1.76. The second kappa shape index (κ2) is 4.78. The van der Waals surface area contributed by atoms with Crippen molar-refractivity contribution < 1.29 is 0 Å². The molecule has 1 aromatic heterocycles. The molecule has 1 rings (SSSR count). The minimum atomic E-state index is 0.0945. The molecule has 0 saturated heterocycles. The van der Waals surface area contributed by atoms with E-state index in [1.54, 1.807) is 18.0 Å². The number of nitriles is 1. The number of aromatic nitrogens is 1. The lowest BCUT2D eigenvalue weighted by atomic mass is 10.3. The van der Waals surface area contributed by atoms with Crippen LogP contribution in [0.5, 0.6) is 0 Å². The average Bonchev–Trinajstić information content (AvgIpc) is 2.16. The van der Waals surface area contributed by atoms with Crippen LogP contribution in [0.1, 0.15) is 6.92 Å². The molecule has 0 aliphatic carbocycles. The lowest BCUT2D eigenvalue weighted by Gasteiger charge is -2.00. The van der Waals surface area contributed by atoms with Crippen molar-refractivity contribution in [2.24, 2.45) is 5.92 Å². The molecule has 1 unspecified atom stereocenters. The van der Waals surface area contributed by atoms with Crippen molar-refractivity contribution in [1.29, 1.82) is 5.26 Å². The molecule has 1 atom stereocenters. The predicted molar refractivity (Wildman–Crippen MR) is 49.7 cm³/mol. The van der Waals surface area contributed by atoms with Crippen LogP contribution >= 0.6 is 11.8 Å². The summed E-state index contributed by atoms with van der Waals surface area (Å²) in [6.45, 7) is 1.91. The fourth-order valence-corrected chi connectivity index (χ4v) is 1.49. The molecule has 62 valence electrons. The molecule has 1 heterocycles. The first-order valence-corrected chi connectivity index (χ1v) is 4.75. The number of rotatable bonds is 3. The largest absolute Gasteiger partial charge is 0.250 e. The lowest BCUT2D eigenvalue weighted by Crippen LogP contribution is -1.93. The summed E-state index contributed by atoms with van der Waals surface area (Å²) in [7, 11) is 0. The topological polar surface area (TPSA) is 36.7 Å². The molecule has 0 spiro atoms. The van der Waals surface area contributed by atoms with Gasteiger partial charge in [0.2, 0.25) is 0 Å². The Morgan fingerprint density at radius 1 is 1.67 bits per heavy atom. The van der Waals surface area contributed by atoms with E-state index in [1.165, 1.54) is 0 Å². The van der Waals surface area contributed by atoms with Crippen LogP contribution in [-0.4, -0.2) is 10.7 Å². The van der Waals surface area contributed by atoms with Crippen LogP contribution in [0.4, 0.5) is 0 Å². The SMILES string of the molecule is CC(C#N)CSc1ccccn1. The number of pyridine rings is 1. The van der Waals surface area contributed by atoms with E-state index in [2.05, 4.69) is 11.1 Å². The molecule has 1 aromatic rings.